The quantitative estimate of drug-likeness (QED) is 0.409. The summed E-state index contributed by atoms with van der Waals surface area (Å²) in [5.41, 5.74) is 0. The van der Waals surface area contributed by atoms with E-state index in [0.29, 0.717) is 12.8 Å². The molecule has 2 nitrogen and oxygen atoms in total. The first-order valence-corrected chi connectivity index (χ1v) is 9.26. The van der Waals surface area contributed by atoms with Crippen LogP contribution in [0.3, 0.4) is 0 Å². The molecule has 0 heterocycles. The average molecular weight is 306 g/mol. The van der Waals surface area contributed by atoms with Gasteiger partial charge in [-0.1, -0.05) is 45.4 Å². The van der Waals surface area contributed by atoms with Crippen LogP contribution in [0.15, 0.2) is 0 Å². The van der Waals surface area contributed by atoms with Gasteiger partial charge >= 0.3 is 5.97 Å². The second-order valence-electron chi connectivity index (χ2n) is 5.41. The van der Waals surface area contributed by atoms with Crippen LogP contribution in [0, 0.1) is 0 Å². The van der Waals surface area contributed by atoms with Gasteiger partial charge in [0.2, 0.25) is 0 Å². The standard InChI is InChI=1S/C16H31FO2S/c1-2-3-4-5-6-7-10-15(17)12-14-20-13-9-8-11-16(18)19/h15H,2-14H2,1H3,(H,18,19). The van der Waals surface area contributed by atoms with Crippen LogP contribution in [0.5, 0.6) is 0 Å². The number of halogens is 1. The first-order valence-electron chi connectivity index (χ1n) is 8.10. The minimum Gasteiger partial charge on any atom is -0.481 e. The number of hydrogen-bond donors (Lipinski definition) is 1. The molecule has 120 valence electrons. The van der Waals surface area contributed by atoms with Crippen molar-refractivity contribution in [2.75, 3.05) is 11.5 Å². The van der Waals surface area contributed by atoms with E-state index in [9.17, 15) is 9.18 Å². The maximum Gasteiger partial charge on any atom is 0.303 e. The molecule has 0 aliphatic carbocycles. The van der Waals surface area contributed by atoms with E-state index in [-0.39, 0.29) is 6.42 Å². The van der Waals surface area contributed by atoms with E-state index in [1.54, 1.807) is 11.8 Å². The molecule has 0 fully saturated rings. The smallest absolute Gasteiger partial charge is 0.303 e. The molecule has 0 saturated heterocycles. The summed E-state index contributed by atoms with van der Waals surface area (Å²) >= 11 is 1.75. The molecule has 0 aromatic carbocycles. The van der Waals surface area contributed by atoms with Gasteiger partial charge in [-0.25, -0.2) is 4.39 Å². The molecule has 0 aliphatic heterocycles. The molecule has 0 rings (SSSR count). The van der Waals surface area contributed by atoms with E-state index in [2.05, 4.69) is 6.92 Å². The highest BCUT2D eigenvalue weighted by molar-refractivity contribution is 7.99. The maximum absolute atomic E-state index is 13.6. The number of carbonyl (C=O) groups is 1. The van der Waals surface area contributed by atoms with Gasteiger partial charge in [0.15, 0.2) is 0 Å². The van der Waals surface area contributed by atoms with Crippen molar-refractivity contribution in [3.8, 4) is 0 Å². The third-order valence-corrected chi connectivity index (χ3v) is 4.48. The summed E-state index contributed by atoms with van der Waals surface area (Å²) in [6.45, 7) is 2.21. The summed E-state index contributed by atoms with van der Waals surface area (Å²) in [5.74, 6) is 1.10. The van der Waals surface area contributed by atoms with Gasteiger partial charge in [-0.3, -0.25) is 4.79 Å². The second kappa shape index (κ2) is 15.1. The van der Waals surface area contributed by atoms with E-state index in [0.717, 1.165) is 30.8 Å². The monoisotopic (exact) mass is 306 g/mol. The predicted molar refractivity (Wildman–Crippen MR) is 86.3 cm³/mol. The molecule has 0 aromatic rings. The number of carboxylic acid groups (broad SMARTS) is 1. The fourth-order valence-corrected chi connectivity index (χ4v) is 3.12. The Morgan fingerprint density at radius 1 is 1.00 bits per heavy atom. The van der Waals surface area contributed by atoms with Crippen LogP contribution >= 0.6 is 11.8 Å². The van der Waals surface area contributed by atoms with Crippen molar-refractivity contribution in [2.24, 2.45) is 0 Å². The zero-order valence-corrected chi connectivity index (χ0v) is 13.7. The molecule has 0 aromatic heterocycles. The topological polar surface area (TPSA) is 37.3 Å². The summed E-state index contributed by atoms with van der Waals surface area (Å²) in [7, 11) is 0. The van der Waals surface area contributed by atoms with Gasteiger partial charge < -0.3 is 5.11 Å². The van der Waals surface area contributed by atoms with Gasteiger partial charge in [-0.2, -0.15) is 11.8 Å². The first kappa shape index (κ1) is 19.8. The summed E-state index contributed by atoms with van der Waals surface area (Å²) in [5, 5.41) is 8.48. The molecular weight excluding hydrogens is 275 g/mol. The average Bonchev–Trinajstić information content (AvgIpc) is 2.41. The fourth-order valence-electron chi connectivity index (χ4n) is 2.08. The van der Waals surface area contributed by atoms with Gasteiger partial charge in [-0.15, -0.1) is 0 Å². The minimum absolute atomic E-state index is 0.254. The molecule has 0 amide bonds. The molecule has 0 spiro atoms. The van der Waals surface area contributed by atoms with E-state index in [1.165, 1.54) is 32.1 Å². The Morgan fingerprint density at radius 2 is 1.70 bits per heavy atom. The van der Waals surface area contributed by atoms with Crippen LogP contribution in [0.4, 0.5) is 4.39 Å². The molecule has 1 N–H and O–H groups in total. The molecule has 4 heteroatoms. The number of alkyl halides is 1. The minimum atomic E-state index is -0.724. The lowest BCUT2D eigenvalue weighted by Gasteiger charge is -2.08. The van der Waals surface area contributed by atoms with Crippen LogP contribution in [-0.2, 0) is 4.79 Å². The largest absolute Gasteiger partial charge is 0.481 e. The highest BCUT2D eigenvalue weighted by Gasteiger charge is 2.06. The van der Waals surface area contributed by atoms with Gasteiger partial charge in [0.1, 0.15) is 6.17 Å². The van der Waals surface area contributed by atoms with Crippen LogP contribution in [0.2, 0.25) is 0 Å². The Labute approximate surface area is 127 Å². The van der Waals surface area contributed by atoms with Crippen molar-refractivity contribution in [3.63, 3.8) is 0 Å². The SMILES string of the molecule is CCCCCCCCC(F)CCSCCCCC(=O)O. The van der Waals surface area contributed by atoms with Crippen LogP contribution in [-0.4, -0.2) is 28.8 Å². The van der Waals surface area contributed by atoms with Crippen LogP contribution in [0.1, 0.15) is 77.6 Å². The second-order valence-corrected chi connectivity index (χ2v) is 6.63. The highest BCUT2D eigenvalue weighted by atomic mass is 32.2. The molecule has 0 radical (unpaired) electrons. The van der Waals surface area contributed by atoms with Gasteiger partial charge in [0.05, 0.1) is 0 Å². The molecule has 0 aliphatic rings. The fraction of sp³-hybridized carbons (Fsp3) is 0.938. The van der Waals surface area contributed by atoms with E-state index in [4.69, 9.17) is 5.11 Å². The maximum atomic E-state index is 13.6. The summed E-state index contributed by atoms with van der Waals surface area (Å²) < 4.78 is 13.6. The zero-order valence-electron chi connectivity index (χ0n) is 12.9. The Morgan fingerprint density at radius 3 is 2.40 bits per heavy atom. The predicted octanol–water partition coefficient (Wildman–Crippen LogP) is 5.45. The van der Waals surface area contributed by atoms with Crippen molar-refractivity contribution in [2.45, 2.75) is 83.7 Å². The summed E-state index contributed by atoms with van der Waals surface area (Å²) in [4.78, 5) is 10.3. The van der Waals surface area contributed by atoms with Crippen molar-refractivity contribution in [1.29, 1.82) is 0 Å². The summed E-state index contributed by atoms with van der Waals surface area (Å²) in [6, 6.07) is 0. The molecule has 0 saturated carbocycles. The third kappa shape index (κ3) is 15.8. The number of unbranched alkanes of at least 4 members (excludes halogenated alkanes) is 6. The van der Waals surface area contributed by atoms with Crippen LogP contribution in [0.25, 0.3) is 0 Å². The van der Waals surface area contributed by atoms with E-state index in [1.807, 2.05) is 0 Å². The lowest BCUT2D eigenvalue weighted by atomic mass is 10.1. The van der Waals surface area contributed by atoms with Crippen molar-refractivity contribution in [1.82, 2.24) is 0 Å². The zero-order chi connectivity index (χ0) is 15.1. The Kier molecular flexibility index (Phi) is 15.0. The Bertz CT molecular complexity index is 225. The molecular formula is C16H31FO2S. The number of carboxylic acids is 1. The first-order chi connectivity index (χ1) is 9.66. The molecule has 0 bridgehead atoms. The van der Waals surface area contributed by atoms with Crippen molar-refractivity contribution in [3.05, 3.63) is 0 Å². The van der Waals surface area contributed by atoms with E-state index >= 15 is 0 Å². The number of rotatable bonds is 15. The normalized spacial score (nSPS) is 12.5. The van der Waals surface area contributed by atoms with Crippen LogP contribution < -0.4 is 0 Å². The van der Waals surface area contributed by atoms with Gasteiger partial charge in [0.25, 0.3) is 0 Å². The molecule has 1 unspecified atom stereocenters. The number of hydrogen-bond acceptors (Lipinski definition) is 2. The lowest BCUT2D eigenvalue weighted by molar-refractivity contribution is -0.137. The van der Waals surface area contributed by atoms with Crippen molar-refractivity contribution < 1.29 is 14.3 Å². The molecule has 20 heavy (non-hydrogen) atoms. The van der Waals surface area contributed by atoms with Crippen molar-refractivity contribution >= 4 is 17.7 Å². The van der Waals surface area contributed by atoms with E-state index < -0.39 is 12.1 Å². The highest BCUT2D eigenvalue weighted by Crippen LogP contribution is 2.16. The number of thioether (sulfide) groups is 1. The Hall–Kier alpha value is -0.250. The van der Waals surface area contributed by atoms with Gasteiger partial charge in [0, 0.05) is 6.42 Å². The molecule has 1 atom stereocenters. The Balaban J connectivity index is 3.16. The third-order valence-electron chi connectivity index (χ3n) is 3.38. The summed E-state index contributed by atoms with van der Waals surface area (Å²) in [6.07, 6.45) is 9.93. The lowest BCUT2D eigenvalue weighted by Crippen LogP contribution is -2.02. The van der Waals surface area contributed by atoms with Gasteiger partial charge in [-0.05, 0) is 37.2 Å². The number of aliphatic carboxylic acids is 1.